The molecule has 2 aromatic carbocycles. The monoisotopic (exact) mass is 324 g/mol. The second kappa shape index (κ2) is 5.74. The summed E-state index contributed by atoms with van der Waals surface area (Å²) in [6.45, 7) is 0.0630. The minimum atomic E-state index is -0.329. The fourth-order valence-electron chi connectivity index (χ4n) is 3.15. The number of rotatable bonds is 3. The summed E-state index contributed by atoms with van der Waals surface area (Å²) >= 11 is 0. The number of anilines is 2. The standard InChI is InChI=1S/C19H17FN2O2/c20-14-7-5-13(6-8-14)11-18(23)21-12-19(24)22(15-9-10-15)17-4-2-1-3-16(17)21/h1-8,15H,9-12H2. The number of nitrogens with zero attached hydrogens (tertiary/aromatic N) is 2. The van der Waals surface area contributed by atoms with E-state index in [-0.39, 0.29) is 36.6 Å². The summed E-state index contributed by atoms with van der Waals surface area (Å²) in [5.74, 6) is -0.522. The van der Waals surface area contributed by atoms with E-state index in [0.717, 1.165) is 29.8 Å². The Kier molecular flexibility index (Phi) is 3.56. The second-order valence-corrected chi connectivity index (χ2v) is 6.27. The quantitative estimate of drug-likeness (QED) is 0.871. The van der Waals surface area contributed by atoms with Crippen LogP contribution in [0.1, 0.15) is 18.4 Å². The Labute approximate surface area is 139 Å². The van der Waals surface area contributed by atoms with Gasteiger partial charge in [0.25, 0.3) is 0 Å². The van der Waals surface area contributed by atoms with Crippen LogP contribution in [-0.2, 0) is 16.0 Å². The average molecular weight is 324 g/mol. The molecule has 0 atom stereocenters. The summed E-state index contributed by atoms with van der Waals surface area (Å²) < 4.78 is 13.0. The van der Waals surface area contributed by atoms with E-state index < -0.39 is 0 Å². The first-order chi connectivity index (χ1) is 11.6. The zero-order valence-electron chi connectivity index (χ0n) is 13.1. The van der Waals surface area contributed by atoms with Crippen LogP contribution in [0.5, 0.6) is 0 Å². The molecule has 1 saturated carbocycles. The molecule has 1 fully saturated rings. The highest BCUT2D eigenvalue weighted by molar-refractivity contribution is 6.11. The van der Waals surface area contributed by atoms with Gasteiger partial charge in [-0.3, -0.25) is 9.59 Å². The van der Waals surface area contributed by atoms with Gasteiger partial charge in [-0.25, -0.2) is 4.39 Å². The van der Waals surface area contributed by atoms with Crippen molar-refractivity contribution in [3.05, 3.63) is 59.9 Å². The molecular formula is C19H17FN2O2. The minimum Gasteiger partial charge on any atom is -0.306 e. The van der Waals surface area contributed by atoms with Gasteiger partial charge in [0.15, 0.2) is 0 Å². The van der Waals surface area contributed by atoms with Gasteiger partial charge < -0.3 is 9.80 Å². The molecule has 0 saturated heterocycles. The van der Waals surface area contributed by atoms with Gasteiger partial charge in [-0.05, 0) is 42.7 Å². The van der Waals surface area contributed by atoms with Gasteiger partial charge in [0.05, 0.1) is 17.8 Å². The van der Waals surface area contributed by atoms with Crippen LogP contribution in [0.4, 0.5) is 15.8 Å². The molecule has 1 heterocycles. The molecule has 2 amide bonds. The largest absolute Gasteiger partial charge is 0.306 e. The van der Waals surface area contributed by atoms with Crippen LogP contribution >= 0.6 is 0 Å². The summed E-state index contributed by atoms with van der Waals surface area (Å²) in [4.78, 5) is 28.6. The van der Waals surface area contributed by atoms with Crippen LogP contribution in [-0.4, -0.2) is 24.4 Å². The third kappa shape index (κ3) is 2.66. The van der Waals surface area contributed by atoms with Crippen LogP contribution in [0.2, 0.25) is 0 Å². The molecule has 1 aliphatic heterocycles. The van der Waals surface area contributed by atoms with Crippen LogP contribution < -0.4 is 9.80 Å². The normalized spacial score (nSPS) is 17.0. The highest BCUT2D eigenvalue weighted by atomic mass is 19.1. The topological polar surface area (TPSA) is 40.6 Å². The first-order valence-corrected chi connectivity index (χ1v) is 8.09. The SMILES string of the molecule is O=C(Cc1ccc(F)cc1)N1CC(=O)N(C2CC2)c2ccccc21. The van der Waals surface area contributed by atoms with Crippen molar-refractivity contribution in [2.75, 3.05) is 16.3 Å². The fraction of sp³-hybridized carbons (Fsp3) is 0.263. The van der Waals surface area contributed by atoms with Gasteiger partial charge in [-0.2, -0.15) is 0 Å². The zero-order chi connectivity index (χ0) is 16.7. The summed E-state index contributed by atoms with van der Waals surface area (Å²) in [7, 11) is 0. The minimum absolute atomic E-state index is 0.0383. The van der Waals surface area contributed by atoms with Crippen molar-refractivity contribution in [3.8, 4) is 0 Å². The number of carbonyl (C=O) groups is 2. The number of para-hydroxylation sites is 2. The Balaban J connectivity index is 1.62. The Morgan fingerprint density at radius 3 is 2.38 bits per heavy atom. The number of hydrogen-bond acceptors (Lipinski definition) is 2. The highest BCUT2D eigenvalue weighted by Gasteiger charge is 2.40. The molecule has 0 aromatic heterocycles. The van der Waals surface area contributed by atoms with Crippen molar-refractivity contribution >= 4 is 23.2 Å². The predicted octanol–water partition coefficient (Wildman–Crippen LogP) is 2.91. The molecule has 0 bridgehead atoms. The van der Waals surface area contributed by atoms with E-state index >= 15 is 0 Å². The van der Waals surface area contributed by atoms with E-state index in [1.807, 2.05) is 29.2 Å². The molecule has 24 heavy (non-hydrogen) atoms. The molecule has 4 rings (SSSR count). The number of halogens is 1. The molecule has 5 heteroatoms. The zero-order valence-corrected chi connectivity index (χ0v) is 13.1. The Bertz CT molecular complexity index is 799. The predicted molar refractivity (Wildman–Crippen MR) is 89.4 cm³/mol. The number of fused-ring (bicyclic) bond motifs is 1. The van der Waals surface area contributed by atoms with Gasteiger partial charge in [-0.1, -0.05) is 24.3 Å². The molecule has 0 unspecified atom stereocenters. The fourth-order valence-corrected chi connectivity index (χ4v) is 3.15. The number of hydrogen-bond donors (Lipinski definition) is 0. The number of benzene rings is 2. The van der Waals surface area contributed by atoms with Gasteiger partial charge in [-0.15, -0.1) is 0 Å². The lowest BCUT2D eigenvalue weighted by Crippen LogP contribution is -2.49. The lowest BCUT2D eigenvalue weighted by Gasteiger charge is -2.36. The lowest BCUT2D eigenvalue weighted by molar-refractivity contribution is -0.122. The van der Waals surface area contributed by atoms with Crippen LogP contribution in [0, 0.1) is 5.82 Å². The van der Waals surface area contributed by atoms with E-state index in [2.05, 4.69) is 0 Å². The van der Waals surface area contributed by atoms with Crippen LogP contribution in [0.3, 0.4) is 0 Å². The van der Waals surface area contributed by atoms with Gasteiger partial charge in [0.1, 0.15) is 12.4 Å². The van der Waals surface area contributed by atoms with E-state index in [1.165, 1.54) is 12.1 Å². The Morgan fingerprint density at radius 1 is 1.04 bits per heavy atom. The van der Waals surface area contributed by atoms with E-state index in [4.69, 9.17) is 0 Å². The van der Waals surface area contributed by atoms with Crippen molar-refractivity contribution < 1.29 is 14.0 Å². The summed E-state index contributed by atoms with van der Waals surface area (Å²) in [5, 5.41) is 0. The average Bonchev–Trinajstić information content (AvgIpc) is 3.41. The molecule has 2 aliphatic rings. The smallest absolute Gasteiger partial charge is 0.247 e. The number of amides is 2. The van der Waals surface area contributed by atoms with Crippen molar-refractivity contribution in [2.45, 2.75) is 25.3 Å². The maximum atomic E-state index is 13.0. The maximum Gasteiger partial charge on any atom is 0.247 e. The highest BCUT2D eigenvalue weighted by Crippen LogP contribution is 2.40. The molecule has 0 spiro atoms. The Morgan fingerprint density at radius 2 is 1.71 bits per heavy atom. The van der Waals surface area contributed by atoms with Crippen molar-refractivity contribution in [1.82, 2.24) is 0 Å². The van der Waals surface area contributed by atoms with E-state index in [9.17, 15) is 14.0 Å². The van der Waals surface area contributed by atoms with Crippen LogP contribution in [0.25, 0.3) is 0 Å². The van der Waals surface area contributed by atoms with Gasteiger partial charge in [0.2, 0.25) is 11.8 Å². The van der Waals surface area contributed by atoms with E-state index in [1.54, 1.807) is 17.0 Å². The second-order valence-electron chi connectivity index (χ2n) is 6.27. The maximum absolute atomic E-state index is 13.0. The van der Waals surface area contributed by atoms with Crippen molar-refractivity contribution in [1.29, 1.82) is 0 Å². The molecular weight excluding hydrogens is 307 g/mol. The Hall–Kier alpha value is -2.69. The van der Waals surface area contributed by atoms with Crippen molar-refractivity contribution in [2.24, 2.45) is 0 Å². The lowest BCUT2D eigenvalue weighted by atomic mass is 10.1. The van der Waals surface area contributed by atoms with Gasteiger partial charge in [0, 0.05) is 6.04 Å². The summed E-state index contributed by atoms with van der Waals surface area (Å²) in [6, 6.07) is 13.7. The molecule has 122 valence electrons. The summed E-state index contributed by atoms with van der Waals surface area (Å²) in [6.07, 6.45) is 2.18. The first-order valence-electron chi connectivity index (χ1n) is 8.09. The summed E-state index contributed by atoms with van der Waals surface area (Å²) in [5.41, 5.74) is 2.32. The third-order valence-electron chi connectivity index (χ3n) is 4.48. The molecule has 2 aromatic rings. The molecule has 1 aliphatic carbocycles. The molecule has 0 radical (unpaired) electrons. The first kappa shape index (κ1) is 14.9. The number of carbonyl (C=O) groups excluding carboxylic acids is 2. The third-order valence-corrected chi connectivity index (χ3v) is 4.48. The van der Waals surface area contributed by atoms with Gasteiger partial charge >= 0.3 is 0 Å². The molecule has 0 N–H and O–H groups in total. The molecule has 4 nitrogen and oxygen atoms in total. The van der Waals surface area contributed by atoms with E-state index in [0.29, 0.717) is 0 Å². The van der Waals surface area contributed by atoms with Crippen LogP contribution in [0.15, 0.2) is 48.5 Å². The van der Waals surface area contributed by atoms with Crippen molar-refractivity contribution in [3.63, 3.8) is 0 Å².